The molecule has 14 nitrogen and oxygen atoms in total. The second-order valence-electron chi connectivity index (χ2n) is 18.3. The first-order valence-corrected chi connectivity index (χ1v) is 24.4. The normalized spacial score (nSPS) is 19.0. The number of carbonyl (C=O) groups is 2. The highest BCUT2D eigenvalue weighted by atomic mass is 35.5. The fourth-order valence-corrected chi connectivity index (χ4v) is 10.0. The van der Waals surface area contributed by atoms with Gasteiger partial charge in [0.2, 0.25) is 18.4 Å². The molecule has 0 radical (unpaired) electrons. The van der Waals surface area contributed by atoms with E-state index < -0.39 is 12.8 Å². The van der Waals surface area contributed by atoms with E-state index in [1.54, 1.807) is 48.8 Å². The molecule has 370 valence electrons. The number of likely N-dealkylation sites (tertiary alicyclic amines) is 4. The monoisotopic (exact) mass is 992 g/mol. The minimum Gasteiger partial charge on any atom is -0.411 e. The Bertz CT molecular complexity index is 2360. The van der Waals surface area contributed by atoms with Crippen LogP contribution in [0.2, 0.25) is 10.0 Å². The number of rotatable bonds is 12. The number of nitrogen functional groups attached to an aromatic ring is 2. The van der Waals surface area contributed by atoms with Crippen molar-refractivity contribution in [2.75, 3.05) is 70.4 Å². The summed E-state index contributed by atoms with van der Waals surface area (Å²) in [4.78, 5) is 47.6. The van der Waals surface area contributed by atoms with E-state index in [-0.39, 0.29) is 35.5 Å². The Morgan fingerprint density at radius 1 is 0.609 bits per heavy atom. The molecule has 6 heterocycles. The molecule has 0 spiro atoms. The summed E-state index contributed by atoms with van der Waals surface area (Å²) in [5, 5.41) is 18.2. The Balaban J connectivity index is 0.000000206. The Morgan fingerprint density at radius 3 is 1.36 bits per heavy atom. The van der Waals surface area contributed by atoms with Crippen LogP contribution in [-0.2, 0) is 27.5 Å². The summed E-state index contributed by atoms with van der Waals surface area (Å²) < 4.78 is 37.8. The third-order valence-corrected chi connectivity index (χ3v) is 14.0. The van der Waals surface area contributed by atoms with Gasteiger partial charge in [0.15, 0.2) is 0 Å². The molecule has 19 heteroatoms. The van der Waals surface area contributed by atoms with Crippen molar-refractivity contribution in [2.45, 2.75) is 70.6 Å². The zero-order valence-electron chi connectivity index (χ0n) is 38.6. The molecule has 0 aliphatic carbocycles. The molecule has 0 atom stereocenters. The number of amides is 2. The number of aromatic nitrogens is 2. The largest absolute Gasteiger partial charge is 0.425 e. The lowest BCUT2D eigenvalue weighted by Crippen LogP contribution is -2.46. The van der Waals surface area contributed by atoms with Gasteiger partial charge in [-0.15, -0.1) is 0 Å². The summed E-state index contributed by atoms with van der Waals surface area (Å²) in [7, 11) is 0. The van der Waals surface area contributed by atoms with E-state index >= 15 is 0 Å². The van der Waals surface area contributed by atoms with E-state index in [1.807, 2.05) is 46.2 Å². The maximum atomic E-state index is 13.2. The number of halogens is 5. The average molecular weight is 994 g/mol. The molecule has 4 fully saturated rings. The third-order valence-electron chi connectivity index (χ3n) is 13.5. The first kappa shape index (κ1) is 51.4. The smallest absolute Gasteiger partial charge is 0.411 e. The van der Waals surface area contributed by atoms with Crippen molar-refractivity contribution in [3.05, 3.63) is 117 Å². The van der Waals surface area contributed by atoms with E-state index in [0.717, 1.165) is 94.5 Å². The van der Waals surface area contributed by atoms with Crippen LogP contribution in [0.1, 0.15) is 73.6 Å². The summed E-state index contributed by atoms with van der Waals surface area (Å²) in [6.07, 6.45) is 5.14. The van der Waals surface area contributed by atoms with E-state index in [4.69, 9.17) is 34.7 Å². The average Bonchev–Trinajstić information content (AvgIpc) is 3.34. The van der Waals surface area contributed by atoms with Crippen LogP contribution in [0.5, 0.6) is 0 Å². The van der Waals surface area contributed by atoms with Crippen molar-refractivity contribution in [3.8, 4) is 0 Å². The number of carbonyl (C=O) groups excluding carboxylic acids is 2. The van der Waals surface area contributed by atoms with Gasteiger partial charge in [0.25, 0.3) is 0 Å². The standard InChI is InChI=1S/C26H31ClF3N5O2.C24H30ClN5O2/c27-22-3-1-19(2-4-22)24(33-37-17-26(28,29)30)20-8-13-35(14-9-20)25(36)21-6-11-34(12-7-21)16-18-5-10-32-23(31)15-18;25-21-3-1-18(2-4-21)23(28-32)19-8-13-30(14-9-19)24(31)20-6-11-29(12-7-20)16-17-5-10-27-22(26)15-17/h1-5,10,15,20-21H,6-9,11-14,16-17H2,(H2,31,32);1-5,10,15,19-20,32H,6-9,11-14,16H2,(H2,26,27). The molecule has 0 saturated carbocycles. The molecule has 0 unspecified atom stereocenters. The predicted molar refractivity (Wildman–Crippen MR) is 262 cm³/mol. The van der Waals surface area contributed by atoms with Gasteiger partial charge in [-0.05, 0) is 148 Å². The van der Waals surface area contributed by atoms with Crippen LogP contribution in [-0.4, -0.2) is 123 Å². The van der Waals surface area contributed by atoms with E-state index in [9.17, 15) is 28.0 Å². The molecule has 5 N–H and O–H groups in total. The lowest BCUT2D eigenvalue weighted by Gasteiger charge is -2.37. The van der Waals surface area contributed by atoms with E-state index in [2.05, 4.69) is 34.9 Å². The van der Waals surface area contributed by atoms with Gasteiger partial charge >= 0.3 is 6.18 Å². The first-order chi connectivity index (χ1) is 33.2. The summed E-state index contributed by atoms with van der Waals surface area (Å²) in [5.41, 5.74) is 16.5. The number of nitrogens with two attached hydrogens (primary N) is 2. The minimum absolute atomic E-state index is 0.0187. The Morgan fingerprint density at radius 2 is 0.986 bits per heavy atom. The van der Waals surface area contributed by atoms with E-state index in [0.29, 0.717) is 77.7 Å². The number of alkyl halides is 3. The predicted octanol–water partition coefficient (Wildman–Crippen LogP) is 8.40. The van der Waals surface area contributed by atoms with Crippen LogP contribution < -0.4 is 11.5 Å². The first-order valence-electron chi connectivity index (χ1n) is 23.6. The summed E-state index contributed by atoms with van der Waals surface area (Å²) >= 11 is 11.9. The molecule has 4 aromatic rings. The molecule has 4 saturated heterocycles. The molecule has 2 amide bonds. The fraction of sp³-hybridized carbons (Fsp3) is 0.480. The minimum atomic E-state index is -4.47. The molecule has 0 bridgehead atoms. The fourth-order valence-electron chi connectivity index (χ4n) is 9.80. The molecular weight excluding hydrogens is 933 g/mol. The van der Waals surface area contributed by atoms with Crippen molar-refractivity contribution in [1.29, 1.82) is 0 Å². The molecule has 69 heavy (non-hydrogen) atoms. The molecular formula is C50H61Cl2F3N10O4. The second-order valence-corrected chi connectivity index (χ2v) is 19.2. The van der Waals surface area contributed by atoms with Crippen molar-refractivity contribution in [2.24, 2.45) is 34.0 Å². The lowest BCUT2D eigenvalue weighted by atomic mass is 9.87. The number of hydrogen-bond donors (Lipinski definition) is 3. The molecule has 2 aromatic carbocycles. The SMILES string of the molecule is Nc1cc(CN2CCC(C(=O)N3CCC(C(=NO)c4ccc(Cl)cc4)CC3)CC2)ccn1.Nc1cc(CN2CCC(C(=O)N3CCC(C(=NOCC(F)(F)F)c4ccc(Cl)cc4)CC3)CC2)ccn1. The lowest BCUT2D eigenvalue weighted by molar-refractivity contribution is -0.173. The van der Waals surface area contributed by atoms with Gasteiger partial charge in [-0.25, -0.2) is 9.97 Å². The highest BCUT2D eigenvalue weighted by Gasteiger charge is 2.35. The van der Waals surface area contributed by atoms with Gasteiger partial charge in [0.05, 0.1) is 11.4 Å². The van der Waals surface area contributed by atoms with Crippen LogP contribution in [0, 0.1) is 23.7 Å². The Hall–Kier alpha value is -5.49. The second kappa shape index (κ2) is 24.4. The highest BCUT2D eigenvalue weighted by molar-refractivity contribution is 6.31. The van der Waals surface area contributed by atoms with Crippen LogP contribution in [0.25, 0.3) is 0 Å². The molecule has 8 rings (SSSR count). The van der Waals surface area contributed by atoms with Gasteiger partial charge in [-0.3, -0.25) is 19.4 Å². The number of benzene rings is 2. The number of nitrogens with zero attached hydrogens (tertiary/aromatic N) is 8. The van der Waals surface area contributed by atoms with E-state index in [1.165, 1.54) is 0 Å². The van der Waals surface area contributed by atoms with Gasteiger partial charge < -0.3 is 31.3 Å². The van der Waals surface area contributed by atoms with Gasteiger partial charge in [-0.1, -0.05) is 57.8 Å². The topological polar surface area (TPSA) is 179 Å². The van der Waals surface area contributed by atoms with Crippen LogP contribution in [0.15, 0.2) is 95.5 Å². The summed E-state index contributed by atoms with van der Waals surface area (Å²) in [5.74, 6) is 1.56. The summed E-state index contributed by atoms with van der Waals surface area (Å²) in [6.45, 7) is 6.12. The maximum absolute atomic E-state index is 13.2. The number of anilines is 2. The molecule has 4 aliphatic rings. The quantitative estimate of drug-likeness (QED) is 0.0709. The van der Waals surface area contributed by atoms with Gasteiger partial charge in [0.1, 0.15) is 11.6 Å². The van der Waals surface area contributed by atoms with Gasteiger partial charge in [-0.2, -0.15) is 13.2 Å². The molecule has 2 aromatic heterocycles. The highest BCUT2D eigenvalue weighted by Crippen LogP contribution is 2.30. The third kappa shape index (κ3) is 15.0. The van der Waals surface area contributed by atoms with Crippen molar-refractivity contribution in [1.82, 2.24) is 29.6 Å². The van der Waals surface area contributed by atoms with Crippen molar-refractivity contribution >= 4 is 58.1 Å². The summed E-state index contributed by atoms with van der Waals surface area (Å²) in [6, 6.07) is 21.9. The number of oxime groups is 2. The van der Waals surface area contributed by atoms with Crippen molar-refractivity contribution in [3.63, 3.8) is 0 Å². The van der Waals surface area contributed by atoms with Crippen LogP contribution in [0.4, 0.5) is 24.8 Å². The molecule has 4 aliphatic heterocycles. The number of hydrogen-bond acceptors (Lipinski definition) is 12. The zero-order chi connectivity index (χ0) is 48.9. The number of piperidine rings is 4. The van der Waals surface area contributed by atoms with Crippen LogP contribution in [0.3, 0.4) is 0 Å². The Kier molecular flexibility index (Phi) is 18.1. The van der Waals surface area contributed by atoms with Crippen LogP contribution >= 0.6 is 23.2 Å². The van der Waals surface area contributed by atoms with Crippen molar-refractivity contribution < 1.29 is 32.8 Å². The number of pyridine rings is 2. The Labute approximate surface area is 411 Å². The zero-order valence-corrected chi connectivity index (χ0v) is 40.1. The maximum Gasteiger partial charge on any atom is 0.425 e. The van der Waals surface area contributed by atoms with Gasteiger partial charge in [0, 0.05) is 85.4 Å².